The van der Waals surface area contributed by atoms with Gasteiger partial charge < -0.3 is 10.6 Å². The van der Waals surface area contributed by atoms with Gasteiger partial charge in [-0.15, -0.1) is 0 Å². The molecule has 0 spiro atoms. The molecule has 0 fully saturated rings. The molecular formula is C11H15IN2O. The van der Waals surface area contributed by atoms with Crippen LogP contribution in [0.15, 0.2) is 24.3 Å². The number of anilines is 1. The van der Waals surface area contributed by atoms with E-state index in [1.54, 1.807) is 0 Å². The molecule has 0 radical (unpaired) electrons. The Morgan fingerprint density at radius 3 is 2.53 bits per heavy atom. The Balaban J connectivity index is 2.54. The zero-order valence-corrected chi connectivity index (χ0v) is 11.0. The Labute approximate surface area is 104 Å². The summed E-state index contributed by atoms with van der Waals surface area (Å²) in [6, 6.07) is 7.75. The van der Waals surface area contributed by atoms with Crippen molar-refractivity contribution in [3.8, 4) is 0 Å². The molecule has 3 nitrogen and oxygen atoms in total. The Kier molecular flexibility index (Phi) is 4.87. The molecule has 4 heteroatoms. The monoisotopic (exact) mass is 318 g/mol. The summed E-state index contributed by atoms with van der Waals surface area (Å²) in [7, 11) is 0. The third-order valence-electron chi connectivity index (χ3n) is 1.97. The quantitative estimate of drug-likeness (QED) is 0.836. The average molecular weight is 318 g/mol. The lowest BCUT2D eigenvalue weighted by Gasteiger charge is -2.14. The van der Waals surface area contributed by atoms with Gasteiger partial charge in [-0.25, -0.2) is 0 Å². The minimum absolute atomic E-state index is 0.0241. The minimum Gasteiger partial charge on any atom is -0.374 e. The zero-order valence-electron chi connectivity index (χ0n) is 8.88. The number of hydrogen-bond acceptors (Lipinski definition) is 2. The first-order valence-electron chi connectivity index (χ1n) is 4.93. The van der Waals surface area contributed by atoms with Crippen molar-refractivity contribution >= 4 is 34.2 Å². The van der Waals surface area contributed by atoms with E-state index in [1.807, 2.05) is 38.1 Å². The number of carbonyl (C=O) groups is 1. The minimum atomic E-state index is -0.204. The summed E-state index contributed by atoms with van der Waals surface area (Å²) in [6.07, 6.45) is 0. The van der Waals surface area contributed by atoms with Crippen LogP contribution in [0.2, 0.25) is 0 Å². The van der Waals surface area contributed by atoms with Crippen LogP contribution < -0.4 is 10.6 Å². The highest BCUT2D eigenvalue weighted by Gasteiger charge is 2.10. The molecule has 0 aliphatic carbocycles. The Bertz CT molecular complexity index is 324. The van der Waals surface area contributed by atoms with Gasteiger partial charge in [0.1, 0.15) is 6.04 Å². The number of hydrogen-bond donors (Lipinski definition) is 2. The standard InChI is InChI=1S/C11H15IN2O/c1-3-13-11(15)8(2)14-10-6-4-9(12)5-7-10/h4-8,14H,3H2,1-2H3,(H,13,15). The second-order valence-corrected chi connectivity index (χ2v) is 4.51. The normalized spacial score (nSPS) is 11.9. The van der Waals surface area contributed by atoms with E-state index in [-0.39, 0.29) is 11.9 Å². The van der Waals surface area contributed by atoms with Gasteiger partial charge in [-0.1, -0.05) is 0 Å². The first kappa shape index (κ1) is 12.3. The van der Waals surface area contributed by atoms with Crippen LogP contribution >= 0.6 is 22.6 Å². The van der Waals surface area contributed by atoms with Crippen LogP contribution in [0.4, 0.5) is 5.69 Å². The van der Waals surface area contributed by atoms with Crippen LogP contribution in [0, 0.1) is 3.57 Å². The van der Waals surface area contributed by atoms with E-state index in [4.69, 9.17) is 0 Å². The van der Waals surface area contributed by atoms with Crippen LogP contribution in [0.3, 0.4) is 0 Å². The summed E-state index contributed by atoms with van der Waals surface area (Å²) in [5, 5.41) is 5.91. The third kappa shape index (κ3) is 4.07. The van der Waals surface area contributed by atoms with E-state index in [2.05, 4.69) is 33.2 Å². The molecule has 1 rings (SSSR count). The number of halogens is 1. The zero-order chi connectivity index (χ0) is 11.3. The van der Waals surface area contributed by atoms with Gasteiger partial charge >= 0.3 is 0 Å². The molecule has 0 aliphatic heterocycles. The highest BCUT2D eigenvalue weighted by Crippen LogP contribution is 2.11. The lowest BCUT2D eigenvalue weighted by Crippen LogP contribution is -2.37. The fourth-order valence-electron chi connectivity index (χ4n) is 1.19. The summed E-state index contributed by atoms with van der Waals surface area (Å²) in [6.45, 7) is 4.43. The Morgan fingerprint density at radius 1 is 1.40 bits per heavy atom. The molecule has 1 aromatic rings. The number of rotatable bonds is 4. The highest BCUT2D eigenvalue weighted by molar-refractivity contribution is 14.1. The van der Waals surface area contributed by atoms with Crippen molar-refractivity contribution in [2.45, 2.75) is 19.9 Å². The van der Waals surface area contributed by atoms with Crippen LogP contribution in [0.25, 0.3) is 0 Å². The summed E-state index contributed by atoms with van der Waals surface area (Å²) in [5.74, 6) is 0.0241. The van der Waals surface area contributed by atoms with E-state index in [0.29, 0.717) is 6.54 Å². The summed E-state index contributed by atoms with van der Waals surface area (Å²) in [5.41, 5.74) is 0.967. The van der Waals surface area contributed by atoms with Crippen molar-refractivity contribution in [3.63, 3.8) is 0 Å². The molecule has 0 heterocycles. The topological polar surface area (TPSA) is 41.1 Å². The van der Waals surface area contributed by atoms with Crippen molar-refractivity contribution < 1.29 is 4.79 Å². The van der Waals surface area contributed by atoms with E-state index < -0.39 is 0 Å². The molecule has 0 saturated carbocycles. The van der Waals surface area contributed by atoms with Gasteiger partial charge in [0.15, 0.2) is 0 Å². The van der Waals surface area contributed by atoms with Crippen molar-refractivity contribution in [3.05, 3.63) is 27.8 Å². The van der Waals surface area contributed by atoms with E-state index in [9.17, 15) is 4.79 Å². The molecule has 0 saturated heterocycles. The molecule has 1 atom stereocenters. The number of nitrogens with one attached hydrogen (secondary N) is 2. The van der Waals surface area contributed by atoms with Gasteiger partial charge in [-0.3, -0.25) is 4.79 Å². The maximum Gasteiger partial charge on any atom is 0.242 e. The van der Waals surface area contributed by atoms with Gasteiger partial charge in [0.2, 0.25) is 5.91 Å². The molecule has 0 aliphatic rings. The second-order valence-electron chi connectivity index (χ2n) is 3.27. The van der Waals surface area contributed by atoms with Gasteiger partial charge in [-0.05, 0) is 60.7 Å². The van der Waals surface area contributed by atoms with Crippen molar-refractivity contribution in [2.75, 3.05) is 11.9 Å². The number of amides is 1. The third-order valence-corrected chi connectivity index (χ3v) is 2.69. The van der Waals surface area contributed by atoms with Gasteiger partial charge in [-0.2, -0.15) is 0 Å². The predicted octanol–water partition coefficient (Wildman–Crippen LogP) is 2.23. The molecule has 1 unspecified atom stereocenters. The van der Waals surface area contributed by atoms with Gasteiger partial charge in [0, 0.05) is 15.8 Å². The van der Waals surface area contributed by atoms with Crippen LogP contribution in [0.5, 0.6) is 0 Å². The number of benzene rings is 1. The number of carbonyl (C=O) groups excluding carboxylic acids is 1. The van der Waals surface area contributed by atoms with Crippen molar-refractivity contribution in [1.82, 2.24) is 5.32 Å². The molecule has 1 amide bonds. The van der Waals surface area contributed by atoms with Crippen LogP contribution in [-0.4, -0.2) is 18.5 Å². The molecule has 1 aromatic carbocycles. The maximum absolute atomic E-state index is 11.4. The van der Waals surface area contributed by atoms with E-state index in [1.165, 1.54) is 3.57 Å². The highest BCUT2D eigenvalue weighted by atomic mass is 127. The first-order chi connectivity index (χ1) is 7.13. The first-order valence-corrected chi connectivity index (χ1v) is 6.01. The van der Waals surface area contributed by atoms with Crippen molar-refractivity contribution in [1.29, 1.82) is 0 Å². The van der Waals surface area contributed by atoms with Gasteiger partial charge in [0.05, 0.1) is 0 Å². The average Bonchev–Trinajstić information content (AvgIpc) is 2.22. The molecule has 0 aromatic heterocycles. The lowest BCUT2D eigenvalue weighted by atomic mass is 10.2. The lowest BCUT2D eigenvalue weighted by molar-refractivity contribution is -0.121. The van der Waals surface area contributed by atoms with E-state index >= 15 is 0 Å². The Hall–Kier alpha value is -0.780. The fourth-order valence-corrected chi connectivity index (χ4v) is 1.55. The molecular weight excluding hydrogens is 303 g/mol. The smallest absolute Gasteiger partial charge is 0.242 e. The molecule has 2 N–H and O–H groups in total. The van der Waals surface area contributed by atoms with Gasteiger partial charge in [0.25, 0.3) is 0 Å². The predicted molar refractivity (Wildman–Crippen MR) is 70.9 cm³/mol. The molecule has 82 valence electrons. The summed E-state index contributed by atoms with van der Waals surface area (Å²) in [4.78, 5) is 11.4. The van der Waals surface area contributed by atoms with Crippen molar-refractivity contribution in [2.24, 2.45) is 0 Å². The largest absolute Gasteiger partial charge is 0.374 e. The maximum atomic E-state index is 11.4. The van der Waals surface area contributed by atoms with Crippen LogP contribution in [0.1, 0.15) is 13.8 Å². The molecule has 15 heavy (non-hydrogen) atoms. The fraction of sp³-hybridized carbons (Fsp3) is 0.364. The van der Waals surface area contributed by atoms with E-state index in [0.717, 1.165) is 5.69 Å². The molecule has 0 bridgehead atoms. The number of likely N-dealkylation sites (N-methyl/N-ethyl adjacent to an activating group) is 1. The Morgan fingerprint density at radius 2 is 2.00 bits per heavy atom. The SMILES string of the molecule is CCNC(=O)C(C)Nc1ccc(I)cc1. The summed E-state index contributed by atoms with van der Waals surface area (Å²) < 4.78 is 1.18. The summed E-state index contributed by atoms with van der Waals surface area (Å²) >= 11 is 2.25. The second kappa shape index (κ2) is 5.95. The van der Waals surface area contributed by atoms with Crippen LogP contribution in [-0.2, 0) is 4.79 Å².